The van der Waals surface area contributed by atoms with Gasteiger partial charge < -0.3 is 19.5 Å². The highest BCUT2D eigenvalue weighted by Gasteiger charge is 2.48. The summed E-state index contributed by atoms with van der Waals surface area (Å²) in [5, 5.41) is 19.4. The fraction of sp³-hybridized carbons (Fsp3) is 0.938. The van der Waals surface area contributed by atoms with Gasteiger partial charge in [-0.3, -0.25) is 0 Å². The maximum absolute atomic E-state index is 11.0. The molecule has 4 fully saturated rings. The number of hydrogen-bond donors (Lipinski definition) is 1. The van der Waals surface area contributed by atoms with Crippen molar-refractivity contribution >= 4 is 5.97 Å². The summed E-state index contributed by atoms with van der Waals surface area (Å²) in [5.74, 6) is 1.81. The summed E-state index contributed by atoms with van der Waals surface area (Å²) in [4.78, 5) is 11.0. The quantitative estimate of drug-likeness (QED) is 0.767. The van der Waals surface area contributed by atoms with E-state index in [4.69, 9.17) is 5.11 Å². The summed E-state index contributed by atoms with van der Waals surface area (Å²) >= 11 is 0. The van der Waals surface area contributed by atoms with E-state index in [9.17, 15) is 9.90 Å². The lowest BCUT2D eigenvalue weighted by atomic mass is 9.52. The Hall–Kier alpha value is -0.610. The van der Waals surface area contributed by atoms with Crippen molar-refractivity contribution < 1.29 is 19.5 Å². The van der Waals surface area contributed by atoms with Crippen LogP contribution in [0.4, 0.5) is 0 Å². The molecule has 0 aromatic heterocycles. The second-order valence-electron chi connectivity index (χ2n) is 8.01. The molecular formula is C16H29NO3. The van der Waals surface area contributed by atoms with Gasteiger partial charge in [0.1, 0.15) is 6.54 Å². The Morgan fingerprint density at radius 3 is 1.75 bits per heavy atom. The van der Waals surface area contributed by atoms with Gasteiger partial charge in [-0.2, -0.15) is 0 Å². The summed E-state index contributed by atoms with van der Waals surface area (Å²) in [6.45, 7) is 1.11. The largest absolute Gasteiger partial charge is 0.550 e. The minimum atomic E-state index is -0.770. The Morgan fingerprint density at radius 1 is 1.05 bits per heavy atom. The molecule has 0 spiro atoms. The first kappa shape index (κ1) is 15.8. The standard InChI is InChI=1S/C11H16O2.C5H14NO/c12-11(13)10-8-2-6-1-7(4-8)5-9(10)3-6;1-6(2,3)4-5-7/h6-10H,1-5H2,(H,12,13);7H,4-5H2,1-3H3/q;+1/p-1. The van der Waals surface area contributed by atoms with Gasteiger partial charge in [-0.1, -0.05) is 0 Å². The van der Waals surface area contributed by atoms with Gasteiger partial charge in [0.2, 0.25) is 0 Å². The average Bonchev–Trinajstić information content (AvgIpc) is 2.25. The zero-order valence-corrected chi connectivity index (χ0v) is 13.0. The molecule has 0 aromatic carbocycles. The van der Waals surface area contributed by atoms with Crippen molar-refractivity contribution in [1.82, 2.24) is 0 Å². The zero-order valence-electron chi connectivity index (χ0n) is 13.0. The van der Waals surface area contributed by atoms with Crippen LogP contribution in [0.25, 0.3) is 0 Å². The second kappa shape index (κ2) is 6.02. The van der Waals surface area contributed by atoms with Gasteiger partial charge in [0.15, 0.2) is 0 Å². The average molecular weight is 283 g/mol. The molecule has 20 heavy (non-hydrogen) atoms. The number of nitrogens with zero attached hydrogens (tertiary/aromatic N) is 1. The molecule has 1 N–H and O–H groups in total. The van der Waals surface area contributed by atoms with Crippen molar-refractivity contribution in [2.45, 2.75) is 32.1 Å². The predicted molar refractivity (Wildman–Crippen MR) is 75.5 cm³/mol. The molecule has 116 valence electrons. The Bertz CT molecular complexity index is 320. The van der Waals surface area contributed by atoms with Crippen molar-refractivity contribution in [3.8, 4) is 0 Å². The van der Waals surface area contributed by atoms with Gasteiger partial charge in [0.25, 0.3) is 0 Å². The minimum Gasteiger partial charge on any atom is -0.550 e. The van der Waals surface area contributed by atoms with Gasteiger partial charge >= 0.3 is 0 Å². The molecule has 4 aliphatic carbocycles. The summed E-state index contributed by atoms with van der Waals surface area (Å²) in [6, 6.07) is 0. The van der Waals surface area contributed by atoms with Crippen LogP contribution >= 0.6 is 0 Å². The highest BCUT2D eigenvalue weighted by molar-refractivity contribution is 5.69. The molecule has 0 aromatic rings. The Labute approximate surface area is 122 Å². The van der Waals surface area contributed by atoms with Crippen LogP contribution in [0.2, 0.25) is 0 Å². The van der Waals surface area contributed by atoms with Gasteiger partial charge in [0, 0.05) is 11.9 Å². The van der Waals surface area contributed by atoms with E-state index in [1.165, 1.54) is 32.1 Å². The molecule has 4 nitrogen and oxygen atoms in total. The van der Waals surface area contributed by atoms with Crippen LogP contribution in [-0.4, -0.2) is 49.9 Å². The van der Waals surface area contributed by atoms with Gasteiger partial charge in [-0.15, -0.1) is 0 Å². The van der Waals surface area contributed by atoms with E-state index in [1.54, 1.807) is 0 Å². The molecule has 4 aliphatic rings. The van der Waals surface area contributed by atoms with Gasteiger partial charge in [-0.05, 0) is 55.8 Å². The van der Waals surface area contributed by atoms with Crippen LogP contribution in [0.5, 0.6) is 0 Å². The number of aliphatic hydroxyl groups excluding tert-OH is 1. The lowest BCUT2D eigenvalue weighted by molar-refractivity contribution is -0.870. The first-order valence-corrected chi connectivity index (χ1v) is 7.92. The zero-order chi connectivity index (χ0) is 14.9. The Balaban J connectivity index is 0.000000182. The van der Waals surface area contributed by atoms with Crippen LogP contribution in [0.15, 0.2) is 0 Å². The van der Waals surface area contributed by atoms with Crippen LogP contribution in [-0.2, 0) is 4.79 Å². The lowest BCUT2D eigenvalue weighted by Gasteiger charge is -2.54. The molecule has 0 unspecified atom stereocenters. The number of aliphatic hydroxyl groups is 1. The normalized spacial score (nSPS) is 38.3. The number of rotatable bonds is 3. The van der Waals surface area contributed by atoms with Crippen LogP contribution in [0.3, 0.4) is 0 Å². The van der Waals surface area contributed by atoms with Crippen molar-refractivity contribution in [3.63, 3.8) is 0 Å². The lowest BCUT2D eigenvalue weighted by Crippen LogP contribution is -2.51. The Kier molecular flexibility index (Phi) is 4.75. The summed E-state index contributed by atoms with van der Waals surface area (Å²) in [5.41, 5.74) is 0. The molecule has 0 amide bonds. The number of quaternary nitrogens is 1. The number of carboxylic acid groups (broad SMARTS) is 1. The van der Waals surface area contributed by atoms with E-state index in [1.807, 2.05) is 0 Å². The monoisotopic (exact) mass is 283 g/mol. The number of likely N-dealkylation sites (N-methyl/N-ethyl adjacent to an activating group) is 1. The third-order valence-corrected chi connectivity index (χ3v) is 5.27. The number of carboxylic acids is 1. The van der Waals surface area contributed by atoms with E-state index in [2.05, 4.69) is 21.1 Å². The second-order valence-corrected chi connectivity index (χ2v) is 8.01. The van der Waals surface area contributed by atoms with Crippen LogP contribution in [0.1, 0.15) is 32.1 Å². The van der Waals surface area contributed by atoms with E-state index in [0.717, 1.165) is 22.9 Å². The van der Waals surface area contributed by atoms with Gasteiger partial charge in [-0.25, -0.2) is 0 Å². The van der Waals surface area contributed by atoms with Crippen molar-refractivity contribution in [1.29, 1.82) is 0 Å². The fourth-order valence-corrected chi connectivity index (χ4v) is 4.61. The topological polar surface area (TPSA) is 60.4 Å². The molecule has 4 rings (SSSR count). The van der Waals surface area contributed by atoms with Crippen LogP contribution < -0.4 is 5.11 Å². The van der Waals surface area contributed by atoms with E-state index in [0.29, 0.717) is 11.8 Å². The highest BCUT2D eigenvalue weighted by atomic mass is 16.4. The maximum atomic E-state index is 11.0. The third kappa shape index (κ3) is 3.73. The molecule has 0 aliphatic heterocycles. The Morgan fingerprint density at radius 2 is 1.50 bits per heavy atom. The minimum absolute atomic E-state index is 0.0900. The van der Waals surface area contributed by atoms with E-state index >= 15 is 0 Å². The molecule has 4 bridgehead atoms. The SMILES string of the molecule is C[N+](C)(C)CCO.O=C([O-])C1C2CC3CC(C2)CC1C3. The number of carbonyl (C=O) groups is 1. The fourth-order valence-electron chi connectivity index (χ4n) is 4.61. The van der Waals surface area contributed by atoms with E-state index in [-0.39, 0.29) is 12.5 Å². The number of hydrogen-bond acceptors (Lipinski definition) is 3. The molecule has 4 heteroatoms. The summed E-state index contributed by atoms with van der Waals surface area (Å²) in [6.07, 6.45) is 6.07. The summed E-state index contributed by atoms with van der Waals surface area (Å²) in [7, 11) is 6.16. The maximum Gasteiger partial charge on any atom is 0.101 e. The van der Waals surface area contributed by atoms with Gasteiger partial charge in [0.05, 0.1) is 27.7 Å². The van der Waals surface area contributed by atoms with Crippen molar-refractivity contribution in [3.05, 3.63) is 0 Å². The first-order chi connectivity index (χ1) is 9.30. The summed E-state index contributed by atoms with van der Waals surface area (Å²) < 4.78 is 0.844. The first-order valence-electron chi connectivity index (χ1n) is 7.92. The highest BCUT2D eigenvalue weighted by Crippen LogP contribution is 2.56. The molecule has 0 radical (unpaired) electrons. The van der Waals surface area contributed by atoms with Crippen LogP contribution in [0, 0.1) is 29.6 Å². The molecule has 4 saturated carbocycles. The van der Waals surface area contributed by atoms with E-state index < -0.39 is 5.97 Å². The number of carbonyl (C=O) groups excluding carboxylic acids is 1. The number of aliphatic carboxylic acids is 1. The molecule has 0 saturated heterocycles. The molecule has 0 heterocycles. The molecular weight excluding hydrogens is 254 g/mol. The van der Waals surface area contributed by atoms with Crippen molar-refractivity contribution in [2.75, 3.05) is 34.3 Å². The smallest absolute Gasteiger partial charge is 0.101 e. The predicted octanol–water partition coefficient (Wildman–Crippen LogP) is 0.493. The van der Waals surface area contributed by atoms with Crippen molar-refractivity contribution in [2.24, 2.45) is 29.6 Å². The third-order valence-electron chi connectivity index (χ3n) is 5.27. The molecule has 0 atom stereocenters.